The summed E-state index contributed by atoms with van der Waals surface area (Å²) in [5.41, 5.74) is 2.21. The van der Waals surface area contributed by atoms with Crippen LogP contribution in [0.3, 0.4) is 0 Å². The molecule has 1 heterocycles. The molecule has 2 aromatic rings. The predicted octanol–water partition coefficient (Wildman–Crippen LogP) is 4.30. The Bertz CT molecular complexity index is 682. The zero-order valence-corrected chi connectivity index (χ0v) is 15.6. The monoisotopic (exact) mass is 384 g/mol. The Hall–Kier alpha value is -1.86. The lowest BCUT2D eigenvalue weighted by molar-refractivity contribution is -0.137. The van der Waals surface area contributed by atoms with E-state index in [0.29, 0.717) is 5.92 Å². The van der Waals surface area contributed by atoms with Crippen molar-refractivity contribution in [2.75, 3.05) is 13.1 Å². The smallest absolute Gasteiger partial charge is 0.346 e. The summed E-state index contributed by atoms with van der Waals surface area (Å²) >= 11 is 1.54. The molecule has 0 bridgehead atoms. The Kier molecular flexibility index (Phi) is 7.23. The molecular formula is C19H23F3N2OS. The van der Waals surface area contributed by atoms with Crippen LogP contribution in [0, 0.1) is 5.92 Å². The van der Waals surface area contributed by atoms with Crippen LogP contribution in [0.25, 0.3) is 0 Å². The topological polar surface area (TPSA) is 41.1 Å². The molecule has 0 fully saturated rings. The summed E-state index contributed by atoms with van der Waals surface area (Å²) in [6, 6.07) is 11.7. The fraction of sp³-hybridized carbons (Fsp3) is 0.421. The molecule has 2 N–H and O–H groups in total. The van der Waals surface area contributed by atoms with Crippen molar-refractivity contribution >= 4 is 17.2 Å². The average Bonchev–Trinajstić information content (AvgIpc) is 3.08. The molecular weight excluding hydrogens is 361 g/mol. The summed E-state index contributed by atoms with van der Waals surface area (Å²) < 4.78 is 36.6. The number of carbonyl (C=O) groups is 1. The van der Waals surface area contributed by atoms with Crippen LogP contribution < -0.4 is 10.6 Å². The molecule has 0 saturated carbocycles. The molecule has 1 amide bonds. The van der Waals surface area contributed by atoms with Crippen molar-refractivity contribution in [2.45, 2.75) is 32.5 Å². The Morgan fingerprint density at radius 1 is 1.15 bits per heavy atom. The summed E-state index contributed by atoms with van der Waals surface area (Å²) in [4.78, 5) is 12.7. The van der Waals surface area contributed by atoms with Crippen LogP contribution in [-0.2, 0) is 11.2 Å². The Labute approximate surface area is 155 Å². The first-order chi connectivity index (χ1) is 12.2. The van der Waals surface area contributed by atoms with Gasteiger partial charge in [-0.2, -0.15) is 13.2 Å². The van der Waals surface area contributed by atoms with Gasteiger partial charge in [0.05, 0.1) is 12.6 Å². The first-order valence-corrected chi connectivity index (χ1v) is 9.31. The number of thiophene rings is 1. The van der Waals surface area contributed by atoms with Crippen molar-refractivity contribution in [1.82, 2.24) is 10.6 Å². The Balaban J connectivity index is 2.04. The molecule has 3 nitrogen and oxygen atoms in total. The van der Waals surface area contributed by atoms with Gasteiger partial charge in [0.15, 0.2) is 0 Å². The highest BCUT2D eigenvalue weighted by molar-refractivity contribution is 7.10. The summed E-state index contributed by atoms with van der Waals surface area (Å²) in [5.74, 6) is -0.121. The first-order valence-electron chi connectivity index (χ1n) is 8.43. The van der Waals surface area contributed by atoms with E-state index in [2.05, 4.69) is 31.3 Å². The van der Waals surface area contributed by atoms with Crippen LogP contribution >= 0.6 is 11.3 Å². The van der Waals surface area contributed by atoms with E-state index in [9.17, 15) is 18.0 Å². The fourth-order valence-electron chi connectivity index (χ4n) is 2.61. The van der Waals surface area contributed by atoms with E-state index < -0.39 is 18.6 Å². The second-order valence-electron chi connectivity index (χ2n) is 6.56. The predicted molar refractivity (Wildman–Crippen MR) is 98.2 cm³/mol. The summed E-state index contributed by atoms with van der Waals surface area (Å²) in [6.07, 6.45) is -3.42. The van der Waals surface area contributed by atoms with E-state index in [1.165, 1.54) is 16.9 Å². The van der Waals surface area contributed by atoms with Gasteiger partial charge >= 0.3 is 6.18 Å². The first kappa shape index (κ1) is 20.5. The van der Waals surface area contributed by atoms with Gasteiger partial charge in [-0.25, -0.2) is 0 Å². The van der Waals surface area contributed by atoms with Crippen molar-refractivity contribution in [3.05, 3.63) is 57.8 Å². The number of nitrogens with one attached hydrogen (secondary N) is 2. The van der Waals surface area contributed by atoms with Crippen LogP contribution in [-0.4, -0.2) is 25.2 Å². The zero-order valence-electron chi connectivity index (χ0n) is 14.8. The standard InChI is InChI=1S/C19H23F3N2OS/c1-13(2)10-14-5-7-15(8-6-14)18(16-4-3-9-26-16)23-11-17(25)24-12-19(20,21)22/h3-9,13,18,23H,10-12H2,1-2H3,(H,24,25)/t18-/m1/s1. The molecule has 142 valence electrons. The molecule has 0 spiro atoms. The molecule has 0 unspecified atom stereocenters. The van der Waals surface area contributed by atoms with Crippen molar-refractivity contribution in [1.29, 1.82) is 0 Å². The van der Waals surface area contributed by atoms with Gasteiger partial charge in [-0.15, -0.1) is 11.3 Å². The van der Waals surface area contributed by atoms with Crippen LogP contribution in [0.5, 0.6) is 0 Å². The molecule has 0 aliphatic carbocycles. The van der Waals surface area contributed by atoms with E-state index in [1.54, 1.807) is 0 Å². The molecule has 0 saturated heterocycles. The third kappa shape index (κ3) is 6.80. The number of carbonyl (C=O) groups excluding carboxylic acids is 1. The number of rotatable bonds is 8. The van der Waals surface area contributed by atoms with E-state index >= 15 is 0 Å². The van der Waals surface area contributed by atoms with E-state index in [1.807, 2.05) is 35.0 Å². The highest BCUT2D eigenvalue weighted by Crippen LogP contribution is 2.26. The quantitative estimate of drug-likeness (QED) is 0.712. The fourth-order valence-corrected chi connectivity index (χ4v) is 3.44. The molecule has 7 heteroatoms. The van der Waals surface area contributed by atoms with Gasteiger partial charge in [-0.1, -0.05) is 44.2 Å². The minimum Gasteiger partial charge on any atom is -0.346 e. The van der Waals surface area contributed by atoms with Gasteiger partial charge in [0.1, 0.15) is 6.54 Å². The summed E-state index contributed by atoms with van der Waals surface area (Å²) in [6.45, 7) is 2.81. The van der Waals surface area contributed by atoms with Crippen molar-refractivity contribution in [3.63, 3.8) is 0 Å². The molecule has 1 aromatic heterocycles. The number of benzene rings is 1. The SMILES string of the molecule is CC(C)Cc1ccc([C@@H](NCC(=O)NCC(F)(F)F)c2cccs2)cc1. The number of amides is 1. The van der Waals surface area contributed by atoms with Crippen molar-refractivity contribution < 1.29 is 18.0 Å². The molecule has 26 heavy (non-hydrogen) atoms. The van der Waals surface area contributed by atoms with Crippen LogP contribution in [0.4, 0.5) is 13.2 Å². The zero-order chi connectivity index (χ0) is 19.2. The third-order valence-corrected chi connectivity index (χ3v) is 4.67. The Morgan fingerprint density at radius 3 is 2.38 bits per heavy atom. The van der Waals surface area contributed by atoms with E-state index in [0.717, 1.165) is 16.9 Å². The number of alkyl halides is 3. The van der Waals surface area contributed by atoms with Gasteiger partial charge in [-0.05, 0) is 34.9 Å². The molecule has 1 atom stereocenters. The van der Waals surface area contributed by atoms with Gasteiger partial charge in [0.25, 0.3) is 0 Å². The molecule has 0 aliphatic heterocycles. The number of hydrogen-bond acceptors (Lipinski definition) is 3. The van der Waals surface area contributed by atoms with E-state index in [4.69, 9.17) is 0 Å². The second kappa shape index (κ2) is 9.19. The second-order valence-corrected chi connectivity index (χ2v) is 7.54. The largest absolute Gasteiger partial charge is 0.405 e. The lowest BCUT2D eigenvalue weighted by atomic mass is 9.99. The molecule has 2 rings (SSSR count). The molecule has 0 aliphatic rings. The van der Waals surface area contributed by atoms with Gasteiger partial charge < -0.3 is 5.32 Å². The summed E-state index contributed by atoms with van der Waals surface area (Å²) in [5, 5.41) is 6.88. The average molecular weight is 384 g/mol. The van der Waals surface area contributed by atoms with Crippen molar-refractivity contribution in [3.8, 4) is 0 Å². The van der Waals surface area contributed by atoms with E-state index in [-0.39, 0.29) is 12.6 Å². The molecule has 1 aromatic carbocycles. The van der Waals surface area contributed by atoms with Crippen LogP contribution in [0.2, 0.25) is 0 Å². The van der Waals surface area contributed by atoms with Gasteiger partial charge in [0, 0.05) is 4.88 Å². The number of halogens is 3. The van der Waals surface area contributed by atoms with Gasteiger partial charge in [-0.3, -0.25) is 10.1 Å². The minimum atomic E-state index is -4.41. The minimum absolute atomic E-state index is 0.188. The lowest BCUT2D eigenvalue weighted by Crippen LogP contribution is -2.40. The maximum absolute atomic E-state index is 12.2. The Morgan fingerprint density at radius 2 is 1.85 bits per heavy atom. The highest BCUT2D eigenvalue weighted by Gasteiger charge is 2.27. The highest BCUT2D eigenvalue weighted by atomic mass is 32.1. The molecule has 0 radical (unpaired) electrons. The number of hydrogen-bond donors (Lipinski definition) is 2. The van der Waals surface area contributed by atoms with Crippen molar-refractivity contribution in [2.24, 2.45) is 5.92 Å². The van der Waals surface area contributed by atoms with Crippen LogP contribution in [0.15, 0.2) is 41.8 Å². The summed E-state index contributed by atoms with van der Waals surface area (Å²) in [7, 11) is 0. The maximum atomic E-state index is 12.2. The lowest BCUT2D eigenvalue weighted by Gasteiger charge is -2.19. The third-order valence-electron chi connectivity index (χ3n) is 3.74. The normalized spacial score (nSPS) is 13.0. The van der Waals surface area contributed by atoms with Gasteiger partial charge in [0.2, 0.25) is 5.91 Å². The maximum Gasteiger partial charge on any atom is 0.405 e. The van der Waals surface area contributed by atoms with Crippen LogP contribution in [0.1, 0.15) is 35.9 Å².